The number of rotatable bonds is 4. The van der Waals surface area contributed by atoms with E-state index >= 15 is 0 Å². The van der Waals surface area contributed by atoms with Gasteiger partial charge in [-0.3, -0.25) is 0 Å². The lowest BCUT2D eigenvalue weighted by molar-refractivity contribution is 0.135. The Kier molecular flexibility index (Phi) is 6.10. The molecule has 2 heterocycles. The lowest BCUT2D eigenvalue weighted by Gasteiger charge is -2.19. The number of hydrogen-bond acceptors (Lipinski definition) is 4. The second-order valence-corrected chi connectivity index (χ2v) is 10.7. The molecule has 1 aliphatic heterocycles. The third-order valence-electron chi connectivity index (χ3n) is 5.34. The maximum atomic E-state index is 12.7. The number of benzene rings is 2. The number of pyridine rings is 1. The van der Waals surface area contributed by atoms with Gasteiger partial charge in [-0.05, 0) is 65.0 Å². The Balaban J connectivity index is 1.52. The predicted molar refractivity (Wildman–Crippen MR) is 135 cm³/mol. The number of carbonyl (C=O) groups excluding carboxylic acids is 1. The Labute approximate surface area is 202 Å². The molecule has 0 fully saturated rings. The number of hydrogen-bond donors (Lipinski definition) is 2. The van der Waals surface area contributed by atoms with Crippen LogP contribution in [-0.2, 0) is 11.8 Å². The quantitative estimate of drug-likeness (QED) is 0.387. The molecular formula is C26H28BrN3O3. The second-order valence-electron chi connectivity index (χ2n) is 9.80. The molecular weight excluding hydrogens is 482 g/mol. The van der Waals surface area contributed by atoms with Crippen LogP contribution in [0.1, 0.15) is 45.7 Å². The van der Waals surface area contributed by atoms with E-state index in [4.69, 9.17) is 9.47 Å². The normalized spacial score (nSPS) is 14.2. The van der Waals surface area contributed by atoms with Crippen LogP contribution >= 0.6 is 15.9 Å². The van der Waals surface area contributed by atoms with Gasteiger partial charge in [0.25, 0.3) is 0 Å². The van der Waals surface area contributed by atoms with E-state index in [1.165, 1.54) is 5.56 Å². The molecule has 4 rings (SSSR count). The molecule has 0 aliphatic carbocycles. The fourth-order valence-corrected chi connectivity index (χ4v) is 4.04. The summed E-state index contributed by atoms with van der Waals surface area (Å²) in [6.07, 6.45) is 2.42. The highest BCUT2D eigenvalue weighted by Crippen LogP contribution is 2.44. The van der Waals surface area contributed by atoms with Gasteiger partial charge >= 0.3 is 6.03 Å². The van der Waals surface area contributed by atoms with Crippen LogP contribution in [0.5, 0.6) is 17.4 Å². The molecule has 1 aromatic heterocycles. The molecule has 0 bridgehead atoms. The highest BCUT2D eigenvalue weighted by atomic mass is 79.9. The van der Waals surface area contributed by atoms with Crippen molar-refractivity contribution in [2.75, 3.05) is 10.6 Å². The zero-order chi connectivity index (χ0) is 23.8. The summed E-state index contributed by atoms with van der Waals surface area (Å²) in [5.41, 5.74) is 3.16. The Morgan fingerprint density at radius 1 is 1.12 bits per heavy atom. The van der Waals surface area contributed by atoms with E-state index in [9.17, 15) is 4.79 Å². The van der Waals surface area contributed by atoms with E-state index in [1.54, 1.807) is 12.3 Å². The van der Waals surface area contributed by atoms with Crippen molar-refractivity contribution >= 4 is 33.3 Å². The van der Waals surface area contributed by atoms with E-state index < -0.39 is 0 Å². The Morgan fingerprint density at radius 2 is 1.85 bits per heavy atom. The third kappa shape index (κ3) is 5.47. The molecule has 0 saturated carbocycles. The lowest BCUT2D eigenvalue weighted by atomic mass is 9.87. The average molecular weight is 510 g/mol. The number of nitrogens with zero attached hydrogens (tertiary/aromatic N) is 1. The van der Waals surface area contributed by atoms with Crippen molar-refractivity contribution in [2.24, 2.45) is 0 Å². The summed E-state index contributed by atoms with van der Waals surface area (Å²) in [7, 11) is 0. The number of fused-ring (bicyclic) bond motifs is 1. The first-order chi connectivity index (χ1) is 15.5. The third-order valence-corrected chi connectivity index (χ3v) is 5.77. The number of halogens is 1. The molecule has 2 aromatic carbocycles. The summed E-state index contributed by atoms with van der Waals surface area (Å²) in [4.78, 5) is 17.1. The van der Waals surface area contributed by atoms with E-state index in [1.807, 2.05) is 56.3 Å². The second kappa shape index (κ2) is 8.71. The van der Waals surface area contributed by atoms with Crippen molar-refractivity contribution in [2.45, 2.75) is 52.1 Å². The zero-order valence-corrected chi connectivity index (χ0v) is 21.0. The van der Waals surface area contributed by atoms with E-state index in [-0.39, 0.29) is 22.9 Å². The minimum absolute atomic E-state index is 0.0472. The molecule has 0 atom stereocenters. The Hall–Kier alpha value is -3.06. The molecule has 6 nitrogen and oxygen atoms in total. The summed E-state index contributed by atoms with van der Waals surface area (Å²) in [5, 5.41) is 5.70. The molecule has 0 unspecified atom stereocenters. The molecule has 33 heavy (non-hydrogen) atoms. The summed E-state index contributed by atoms with van der Waals surface area (Å²) < 4.78 is 12.9. The first-order valence-electron chi connectivity index (χ1n) is 10.8. The predicted octanol–water partition coefficient (Wildman–Crippen LogP) is 7.29. The van der Waals surface area contributed by atoms with Gasteiger partial charge in [-0.25, -0.2) is 9.78 Å². The summed E-state index contributed by atoms with van der Waals surface area (Å²) in [5.74, 6) is 1.55. The van der Waals surface area contributed by atoms with Gasteiger partial charge in [0, 0.05) is 28.3 Å². The summed E-state index contributed by atoms with van der Waals surface area (Å²) in [6.45, 7) is 10.5. The van der Waals surface area contributed by atoms with Crippen molar-refractivity contribution < 1.29 is 14.3 Å². The average Bonchev–Trinajstić information content (AvgIpc) is 3.04. The van der Waals surface area contributed by atoms with Crippen LogP contribution in [0.4, 0.5) is 16.2 Å². The molecule has 1 aliphatic rings. The van der Waals surface area contributed by atoms with Gasteiger partial charge in [0.1, 0.15) is 11.3 Å². The number of urea groups is 1. The van der Waals surface area contributed by atoms with Crippen LogP contribution < -0.4 is 20.1 Å². The lowest BCUT2D eigenvalue weighted by Crippen LogP contribution is -2.24. The Morgan fingerprint density at radius 3 is 2.55 bits per heavy atom. The number of anilines is 2. The van der Waals surface area contributed by atoms with E-state index in [2.05, 4.69) is 52.3 Å². The van der Waals surface area contributed by atoms with Crippen molar-refractivity contribution in [3.8, 4) is 17.4 Å². The minimum Gasteiger partial charge on any atom is -0.483 e. The number of nitrogens with one attached hydrogen (secondary N) is 2. The Bertz CT molecular complexity index is 1180. The van der Waals surface area contributed by atoms with Crippen LogP contribution in [0, 0.1) is 0 Å². The first-order valence-corrected chi connectivity index (χ1v) is 11.6. The topological polar surface area (TPSA) is 72.5 Å². The minimum atomic E-state index is -0.390. The first kappa shape index (κ1) is 23.1. The molecule has 3 aromatic rings. The number of amides is 2. The zero-order valence-electron chi connectivity index (χ0n) is 19.5. The maximum Gasteiger partial charge on any atom is 0.323 e. The van der Waals surface area contributed by atoms with Crippen molar-refractivity contribution in [3.05, 3.63) is 70.3 Å². The number of para-hydroxylation sites is 1. The van der Waals surface area contributed by atoms with Crippen LogP contribution in [0.15, 0.2) is 59.2 Å². The van der Waals surface area contributed by atoms with Gasteiger partial charge in [0.2, 0.25) is 5.88 Å². The van der Waals surface area contributed by atoms with E-state index in [0.29, 0.717) is 22.9 Å². The highest BCUT2D eigenvalue weighted by Gasteiger charge is 2.32. The largest absolute Gasteiger partial charge is 0.483 e. The number of carbonyl (C=O) groups is 1. The summed E-state index contributed by atoms with van der Waals surface area (Å²) in [6, 6.07) is 15.0. The van der Waals surface area contributed by atoms with Crippen LogP contribution in [0.3, 0.4) is 0 Å². The molecule has 172 valence electrons. The van der Waals surface area contributed by atoms with Gasteiger partial charge in [0.15, 0.2) is 11.5 Å². The van der Waals surface area contributed by atoms with Gasteiger partial charge in [0.05, 0.1) is 0 Å². The number of aromatic nitrogens is 1. The molecule has 2 amide bonds. The summed E-state index contributed by atoms with van der Waals surface area (Å²) >= 11 is 3.42. The van der Waals surface area contributed by atoms with Crippen LogP contribution in [0.25, 0.3) is 0 Å². The van der Waals surface area contributed by atoms with E-state index in [0.717, 1.165) is 16.5 Å². The fourth-order valence-electron chi connectivity index (χ4n) is 3.71. The molecule has 0 spiro atoms. The van der Waals surface area contributed by atoms with Crippen molar-refractivity contribution in [1.82, 2.24) is 4.98 Å². The molecule has 7 heteroatoms. The van der Waals surface area contributed by atoms with Gasteiger partial charge in [-0.2, -0.15) is 0 Å². The fraction of sp³-hybridized carbons (Fsp3) is 0.308. The molecule has 2 N–H and O–H groups in total. The standard InChI is InChI=1S/C26H28BrN3O3/c1-25(2,3)17-9-11-19(12-10-17)29-24(31)30-20-13-18(27)15-28-23(20)32-21-8-6-7-16-14-26(4,5)33-22(16)21/h6-13,15H,14H2,1-5H3,(H2,29,30,31). The molecule has 0 radical (unpaired) electrons. The van der Waals surface area contributed by atoms with Crippen molar-refractivity contribution in [3.63, 3.8) is 0 Å². The van der Waals surface area contributed by atoms with Gasteiger partial charge in [-0.1, -0.05) is 45.0 Å². The maximum absolute atomic E-state index is 12.7. The van der Waals surface area contributed by atoms with Crippen LogP contribution in [0.2, 0.25) is 0 Å². The highest BCUT2D eigenvalue weighted by molar-refractivity contribution is 9.10. The monoisotopic (exact) mass is 509 g/mol. The molecule has 0 saturated heterocycles. The SMILES string of the molecule is CC1(C)Cc2cccc(Oc3ncc(Br)cc3NC(=O)Nc3ccc(C(C)(C)C)cc3)c2O1. The van der Waals surface area contributed by atoms with Gasteiger partial charge < -0.3 is 20.1 Å². The van der Waals surface area contributed by atoms with Crippen molar-refractivity contribution in [1.29, 1.82) is 0 Å². The van der Waals surface area contributed by atoms with Gasteiger partial charge in [-0.15, -0.1) is 0 Å². The van der Waals surface area contributed by atoms with Crippen LogP contribution in [-0.4, -0.2) is 16.6 Å². The smallest absolute Gasteiger partial charge is 0.323 e. The number of ether oxygens (including phenoxy) is 2.